The van der Waals surface area contributed by atoms with Gasteiger partial charge in [0.2, 0.25) is 5.91 Å². The molecule has 1 aliphatic heterocycles. The van der Waals surface area contributed by atoms with Crippen molar-refractivity contribution < 1.29 is 9.53 Å². The molecule has 6 heteroatoms. The van der Waals surface area contributed by atoms with Gasteiger partial charge in [0.15, 0.2) is 0 Å². The number of pyridine rings is 1. The van der Waals surface area contributed by atoms with Crippen LogP contribution in [0.1, 0.15) is 25.3 Å². The molecule has 1 unspecified atom stereocenters. The standard InChI is InChI=1S/C23H25N3O3/c1-14-5-7-16(8-6-14)21-19-10-9-17(25-15(2)27)12-20(19)23(28)26(22(21)24)13-18-4-3-11-29-18/h5-10,12,18H,3-4,11,13,24H2,1-2H3,(H,25,27). The van der Waals surface area contributed by atoms with Gasteiger partial charge in [-0.05, 0) is 42.8 Å². The van der Waals surface area contributed by atoms with Crippen LogP contribution < -0.4 is 16.6 Å². The molecule has 0 saturated carbocycles. The minimum Gasteiger partial charge on any atom is -0.384 e. The van der Waals surface area contributed by atoms with Crippen molar-refractivity contribution in [3.05, 3.63) is 58.4 Å². The molecule has 6 nitrogen and oxygen atoms in total. The zero-order valence-electron chi connectivity index (χ0n) is 16.7. The fourth-order valence-electron chi connectivity index (χ4n) is 3.94. The Kier molecular flexibility index (Phi) is 5.11. The number of fused-ring (bicyclic) bond motifs is 1. The van der Waals surface area contributed by atoms with Gasteiger partial charge in [0.1, 0.15) is 5.82 Å². The van der Waals surface area contributed by atoms with E-state index in [4.69, 9.17) is 10.5 Å². The number of anilines is 2. The van der Waals surface area contributed by atoms with E-state index in [0.29, 0.717) is 30.0 Å². The Morgan fingerprint density at radius 1 is 1.21 bits per heavy atom. The Balaban J connectivity index is 1.96. The summed E-state index contributed by atoms with van der Waals surface area (Å²) in [6.45, 7) is 4.61. The highest BCUT2D eigenvalue weighted by atomic mass is 16.5. The first-order valence-corrected chi connectivity index (χ1v) is 9.86. The maximum absolute atomic E-state index is 13.3. The van der Waals surface area contributed by atoms with E-state index in [1.165, 1.54) is 6.92 Å². The molecular formula is C23H25N3O3. The maximum atomic E-state index is 13.3. The number of aryl methyl sites for hydroxylation is 1. The van der Waals surface area contributed by atoms with Crippen molar-refractivity contribution >= 4 is 28.2 Å². The maximum Gasteiger partial charge on any atom is 0.260 e. The lowest BCUT2D eigenvalue weighted by Crippen LogP contribution is -2.29. The van der Waals surface area contributed by atoms with Gasteiger partial charge < -0.3 is 15.8 Å². The van der Waals surface area contributed by atoms with Gasteiger partial charge in [-0.2, -0.15) is 0 Å². The number of carbonyl (C=O) groups is 1. The SMILES string of the molecule is CC(=O)Nc1ccc2c(-c3ccc(C)cc3)c(N)n(CC3CCCO3)c(=O)c2c1. The normalized spacial score (nSPS) is 16.3. The minimum atomic E-state index is -0.182. The number of hydrogen-bond donors (Lipinski definition) is 2. The molecular weight excluding hydrogens is 366 g/mol. The molecule has 1 fully saturated rings. The van der Waals surface area contributed by atoms with E-state index in [1.807, 2.05) is 37.3 Å². The highest BCUT2D eigenvalue weighted by Crippen LogP contribution is 2.34. The van der Waals surface area contributed by atoms with Crippen molar-refractivity contribution in [2.75, 3.05) is 17.7 Å². The quantitative estimate of drug-likeness (QED) is 0.710. The summed E-state index contributed by atoms with van der Waals surface area (Å²) in [6, 6.07) is 13.5. The molecule has 3 N–H and O–H groups in total. The summed E-state index contributed by atoms with van der Waals surface area (Å²) in [5.74, 6) is 0.257. The molecule has 0 bridgehead atoms. The fourth-order valence-corrected chi connectivity index (χ4v) is 3.94. The molecule has 2 aromatic carbocycles. The van der Waals surface area contributed by atoms with Gasteiger partial charge in [-0.3, -0.25) is 14.2 Å². The van der Waals surface area contributed by atoms with Gasteiger partial charge in [0, 0.05) is 30.2 Å². The first-order chi connectivity index (χ1) is 13.9. The average Bonchev–Trinajstić information content (AvgIpc) is 3.20. The van der Waals surface area contributed by atoms with Crippen molar-refractivity contribution in [1.82, 2.24) is 4.57 Å². The number of carbonyl (C=O) groups excluding carboxylic acids is 1. The molecule has 0 radical (unpaired) electrons. The number of nitrogens with zero attached hydrogens (tertiary/aromatic N) is 1. The molecule has 4 rings (SSSR count). The number of benzene rings is 2. The molecule has 1 aliphatic rings. The number of ether oxygens (including phenoxy) is 1. The van der Waals surface area contributed by atoms with E-state index >= 15 is 0 Å². The second-order valence-corrected chi connectivity index (χ2v) is 7.62. The minimum absolute atomic E-state index is 0.0168. The lowest BCUT2D eigenvalue weighted by molar-refractivity contribution is -0.114. The van der Waals surface area contributed by atoms with Gasteiger partial charge in [-0.15, -0.1) is 0 Å². The van der Waals surface area contributed by atoms with Crippen LogP contribution in [0.4, 0.5) is 11.5 Å². The van der Waals surface area contributed by atoms with Crippen molar-refractivity contribution in [3.8, 4) is 11.1 Å². The summed E-state index contributed by atoms with van der Waals surface area (Å²) < 4.78 is 7.36. The number of amides is 1. The molecule has 3 aromatic rings. The highest BCUT2D eigenvalue weighted by molar-refractivity contribution is 6.03. The Bertz CT molecular complexity index is 1130. The lowest BCUT2D eigenvalue weighted by atomic mass is 9.98. The summed E-state index contributed by atoms with van der Waals surface area (Å²) in [4.78, 5) is 24.8. The number of nitrogens with one attached hydrogen (secondary N) is 1. The lowest BCUT2D eigenvalue weighted by Gasteiger charge is -2.20. The van der Waals surface area contributed by atoms with Crippen molar-refractivity contribution in [1.29, 1.82) is 0 Å². The van der Waals surface area contributed by atoms with Crippen LogP contribution in [0, 0.1) is 6.92 Å². The largest absolute Gasteiger partial charge is 0.384 e. The molecule has 2 heterocycles. The summed E-state index contributed by atoms with van der Waals surface area (Å²) in [7, 11) is 0. The third-order valence-corrected chi connectivity index (χ3v) is 5.38. The van der Waals surface area contributed by atoms with Crippen molar-refractivity contribution in [3.63, 3.8) is 0 Å². The average molecular weight is 391 g/mol. The fraction of sp³-hybridized carbons (Fsp3) is 0.304. The Hall–Kier alpha value is -3.12. The van der Waals surface area contributed by atoms with E-state index in [2.05, 4.69) is 5.32 Å². The van der Waals surface area contributed by atoms with Crippen LogP contribution in [-0.2, 0) is 16.1 Å². The second-order valence-electron chi connectivity index (χ2n) is 7.62. The zero-order valence-corrected chi connectivity index (χ0v) is 16.7. The van der Waals surface area contributed by atoms with Gasteiger partial charge >= 0.3 is 0 Å². The molecule has 29 heavy (non-hydrogen) atoms. The summed E-state index contributed by atoms with van der Waals surface area (Å²) in [6.07, 6.45) is 1.89. The van der Waals surface area contributed by atoms with Crippen LogP contribution in [0.25, 0.3) is 21.9 Å². The number of nitrogen functional groups attached to an aromatic ring is 1. The molecule has 0 spiro atoms. The molecule has 1 aromatic heterocycles. The van der Waals surface area contributed by atoms with Crippen molar-refractivity contribution in [2.24, 2.45) is 0 Å². The van der Waals surface area contributed by atoms with E-state index in [-0.39, 0.29) is 17.6 Å². The third-order valence-electron chi connectivity index (χ3n) is 5.38. The zero-order chi connectivity index (χ0) is 20.5. The number of hydrogen-bond acceptors (Lipinski definition) is 4. The number of nitrogens with two attached hydrogens (primary N) is 1. The van der Waals surface area contributed by atoms with Gasteiger partial charge in [-0.25, -0.2) is 0 Å². The smallest absolute Gasteiger partial charge is 0.260 e. The summed E-state index contributed by atoms with van der Waals surface area (Å²) in [5, 5.41) is 4.05. The monoisotopic (exact) mass is 391 g/mol. The van der Waals surface area contributed by atoms with Crippen LogP contribution in [0.5, 0.6) is 0 Å². The highest BCUT2D eigenvalue weighted by Gasteiger charge is 2.22. The first-order valence-electron chi connectivity index (χ1n) is 9.86. The van der Waals surface area contributed by atoms with Crippen LogP contribution in [0.15, 0.2) is 47.3 Å². The molecule has 1 amide bonds. The second kappa shape index (κ2) is 7.72. The van der Waals surface area contributed by atoms with Gasteiger partial charge in [-0.1, -0.05) is 35.9 Å². The third kappa shape index (κ3) is 3.76. The van der Waals surface area contributed by atoms with Crippen molar-refractivity contribution in [2.45, 2.75) is 39.3 Å². The van der Waals surface area contributed by atoms with Crippen LogP contribution in [0.2, 0.25) is 0 Å². The van der Waals surface area contributed by atoms with Crippen LogP contribution in [-0.4, -0.2) is 23.2 Å². The van der Waals surface area contributed by atoms with Crippen LogP contribution in [0.3, 0.4) is 0 Å². The van der Waals surface area contributed by atoms with E-state index in [0.717, 1.165) is 34.9 Å². The Labute approximate surface area is 169 Å². The first kappa shape index (κ1) is 19.2. The molecule has 150 valence electrons. The Morgan fingerprint density at radius 2 is 1.97 bits per heavy atom. The summed E-state index contributed by atoms with van der Waals surface area (Å²) in [5.41, 5.74) is 9.90. The van der Waals surface area contributed by atoms with Gasteiger partial charge in [0.05, 0.1) is 12.6 Å². The predicted molar refractivity (Wildman–Crippen MR) is 116 cm³/mol. The van der Waals surface area contributed by atoms with E-state index in [9.17, 15) is 9.59 Å². The molecule has 1 atom stereocenters. The molecule has 0 aliphatic carbocycles. The Morgan fingerprint density at radius 3 is 2.62 bits per heavy atom. The number of rotatable bonds is 4. The van der Waals surface area contributed by atoms with Gasteiger partial charge in [0.25, 0.3) is 5.56 Å². The molecule has 1 saturated heterocycles. The van der Waals surface area contributed by atoms with Crippen LogP contribution >= 0.6 is 0 Å². The number of aromatic nitrogens is 1. The topological polar surface area (TPSA) is 86.3 Å². The predicted octanol–water partition coefficient (Wildman–Crippen LogP) is 3.70. The summed E-state index contributed by atoms with van der Waals surface area (Å²) >= 11 is 0. The van der Waals surface area contributed by atoms with E-state index in [1.54, 1.807) is 16.7 Å². The van der Waals surface area contributed by atoms with E-state index < -0.39 is 0 Å².